The van der Waals surface area contributed by atoms with Crippen LogP contribution in [0.25, 0.3) is 0 Å². The second kappa shape index (κ2) is 15.6. The van der Waals surface area contributed by atoms with Crippen LogP contribution in [0.3, 0.4) is 0 Å². The molecule has 3 aliphatic rings. The number of nitrogens with one attached hydrogen (secondary N) is 1. The Morgan fingerprint density at radius 3 is 2.45 bits per heavy atom. The van der Waals surface area contributed by atoms with E-state index in [1.807, 2.05) is 44.2 Å². The highest BCUT2D eigenvalue weighted by Gasteiger charge is 2.44. The predicted molar refractivity (Wildman–Crippen MR) is 186 cm³/mol. The largest absolute Gasteiger partial charge is 0.478 e. The number of carboxylic acids is 1. The van der Waals surface area contributed by atoms with Crippen LogP contribution in [0.15, 0.2) is 77.7 Å². The van der Waals surface area contributed by atoms with E-state index in [1.54, 1.807) is 18.2 Å². The fourth-order valence-corrected chi connectivity index (χ4v) is 8.77. The standard InChI is InChI=1S/C38H44N2O10S/c1-23(2)20-40(21-33(41)27(16-24-6-4-3-5-7-24)18-35(42)50-34-22-49-38-29(34)14-15-48-38)51(46,47)28-12-13-32-30(19-28)31(36(43)39-32)17-25-8-10-26(11-9-25)37(44)45/h3-13,19,23,27,29,31,33-34,38,41H,14-18,20-22H2,1-2H3,(H,39,43)(H,44,45). The minimum absolute atomic E-state index is 0.0228. The number of anilines is 1. The zero-order chi connectivity index (χ0) is 36.3. The Morgan fingerprint density at radius 2 is 1.75 bits per heavy atom. The minimum Gasteiger partial charge on any atom is -0.478 e. The van der Waals surface area contributed by atoms with E-state index in [1.165, 1.54) is 28.6 Å². The van der Waals surface area contributed by atoms with Gasteiger partial charge in [-0.05, 0) is 72.2 Å². The number of ether oxygens (including phenoxy) is 3. The first-order valence-electron chi connectivity index (χ1n) is 17.3. The topological polar surface area (TPSA) is 169 Å². The molecule has 6 rings (SSSR count). The molecular weight excluding hydrogens is 676 g/mol. The number of aromatic carboxylic acids is 1. The molecule has 0 aromatic heterocycles. The number of hydrogen-bond donors (Lipinski definition) is 3. The molecule has 0 spiro atoms. The number of carboxylic acid groups (broad SMARTS) is 1. The van der Waals surface area contributed by atoms with Crippen molar-refractivity contribution in [3.8, 4) is 0 Å². The summed E-state index contributed by atoms with van der Waals surface area (Å²) in [4.78, 5) is 37.6. The van der Waals surface area contributed by atoms with Gasteiger partial charge in [0.1, 0.15) is 6.10 Å². The summed E-state index contributed by atoms with van der Waals surface area (Å²) in [6.45, 7) is 4.40. The van der Waals surface area contributed by atoms with E-state index in [-0.39, 0.29) is 67.0 Å². The molecule has 3 aromatic carbocycles. The number of nitrogens with zero attached hydrogens (tertiary/aromatic N) is 1. The third-order valence-electron chi connectivity index (χ3n) is 9.79. The maximum absolute atomic E-state index is 14.3. The highest BCUT2D eigenvalue weighted by atomic mass is 32.2. The highest BCUT2D eigenvalue weighted by Crippen LogP contribution is 2.38. The molecule has 0 radical (unpaired) electrons. The van der Waals surface area contributed by atoms with Crippen molar-refractivity contribution in [2.45, 2.75) is 68.8 Å². The molecule has 272 valence electrons. The molecule has 3 N–H and O–H groups in total. The van der Waals surface area contributed by atoms with Gasteiger partial charge in [-0.2, -0.15) is 4.31 Å². The summed E-state index contributed by atoms with van der Waals surface area (Å²) >= 11 is 0. The molecule has 2 saturated heterocycles. The van der Waals surface area contributed by atoms with E-state index in [0.29, 0.717) is 24.3 Å². The predicted octanol–water partition coefficient (Wildman–Crippen LogP) is 4.22. The van der Waals surface area contributed by atoms with Crippen LogP contribution < -0.4 is 5.32 Å². The summed E-state index contributed by atoms with van der Waals surface area (Å²) in [7, 11) is -4.18. The summed E-state index contributed by atoms with van der Waals surface area (Å²) in [5.74, 6) is -3.30. The van der Waals surface area contributed by atoms with Gasteiger partial charge in [0, 0.05) is 24.7 Å². The Labute approximate surface area is 297 Å². The number of rotatable bonds is 15. The second-order valence-corrected chi connectivity index (χ2v) is 15.9. The number of carbonyl (C=O) groups is 3. The number of fused-ring (bicyclic) bond motifs is 2. The average molecular weight is 721 g/mol. The fraction of sp³-hybridized carbons (Fsp3) is 0.447. The lowest BCUT2D eigenvalue weighted by atomic mass is 9.90. The van der Waals surface area contributed by atoms with Gasteiger partial charge >= 0.3 is 11.9 Å². The normalized spacial score (nSPS) is 22.4. The summed E-state index contributed by atoms with van der Waals surface area (Å²) in [6.07, 6.45) is -0.854. The lowest BCUT2D eigenvalue weighted by molar-refractivity contribution is -0.153. The quantitative estimate of drug-likeness (QED) is 0.193. The molecular formula is C38H44N2O10S. The van der Waals surface area contributed by atoms with Crippen molar-refractivity contribution in [1.82, 2.24) is 4.31 Å². The summed E-state index contributed by atoms with van der Waals surface area (Å²) in [6, 6.07) is 20.1. The Bertz CT molecular complexity index is 1830. The monoisotopic (exact) mass is 720 g/mol. The van der Waals surface area contributed by atoms with Crippen LogP contribution in [0.4, 0.5) is 5.69 Å². The third kappa shape index (κ3) is 8.50. The molecule has 0 bridgehead atoms. The molecule has 1 amide bonds. The SMILES string of the molecule is CC(C)CN(CC(O)C(CC(=O)OC1COC2OCCC12)Cc1ccccc1)S(=O)(=O)c1ccc2c(c1)C(Cc1ccc(C(=O)O)cc1)C(=O)N2. The number of carbonyl (C=O) groups excluding carboxylic acids is 2. The lowest BCUT2D eigenvalue weighted by Crippen LogP contribution is -2.43. The zero-order valence-electron chi connectivity index (χ0n) is 28.6. The van der Waals surface area contributed by atoms with Gasteiger partial charge in [0.25, 0.3) is 0 Å². The van der Waals surface area contributed by atoms with Crippen LogP contribution in [0, 0.1) is 17.8 Å². The van der Waals surface area contributed by atoms with Crippen LogP contribution in [0.5, 0.6) is 0 Å². The van der Waals surface area contributed by atoms with Crippen LogP contribution >= 0.6 is 0 Å². The number of hydrogen-bond acceptors (Lipinski definition) is 9. The van der Waals surface area contributed by atoms with E-state index in [9.17, 15) is 33.0 Å². The molecule has 12 nitrogen and oxygen atoms in total. The van der Waals surface area contributed by atoms with Gasteiger partial charge in [0.2, 0.25) is 15.9 Å². The Balaban J connectivity index is 1.21. The first-order valence-corrected chi connectivity index (χ1v) is 18.7. The van der Waals surface area contributed by atoms with E-state index < -0.39 is 46.0 Å². The van der Waals surface area contributed by atoms with Crippen molar-refractivity contribution in [2.24, 2.45) is 17.8 Å². The number of aliphatic hydroxyl groups excluding tert-OH is 1. The fourth-order valence-electron chi connectivity index (χ4n) is 7.11. The molecule has 2 fully saturated rings. The van der Waals surface area contributed by atoms with Crippen molar-refractivity contribution in [1.29, 1.82) is 0 Å². The number of esters is 1. The van der Waals surface area contributed by atoms with Gasteiger partial charge in [0.05, 0.1) is 48.0 Å². The number of aliphatic hydroxyl groups is 1. The van der Waals surface area contributed by atoms with Crippen LogP contribution in [0.1, 0.15) is 59.7 Å². The first kappa shape index (κ1) is 36.6. The minimum atomic E-state index is -4.18. The van der Waals surface area contributed by atoms with Gasteiger partial charge in [-0.3, -0.25) is 9.59 Å². The summed E-state index contributed by atoms with van der Waals surface area (Å²) in [5.41, 5.74) is 2.76. The lowest BCUT2D eigenvalue weighted by Gasteiger charge is -2.30. The molecule has 3 aliphatic heterocycles. The zero-order valence-corrected chi connectivity index (χ0v) is 29.5. The van der Waals surface area contributed by atoms with Crippen molar-refractivity contribution in [2.75, 3.05) is 31.6 Å². The van der Waals surface area contributed by atoms with Crippen LogP contribution in [-0.2, 0) is 46.7 Å². The van der Waals surface area contributed by atoms with Crippen molar-refractivity contribution >= 4 is 33.6 Å². The molecule has 3 heterocycles. The highest BCUT2D eigenvalue weighted by molar-refractivity contribution is 7.89. The molecule has 6 atom stereocenters. The molecule has 3 aromatic rings. The molecule has 13 heteroatoms. The molecule has 51 heavy (non-hydrogen) atoms. The van der Waals surface area contributed by atoms with E-state index in [0.717, 1.165) is 17.5 Å². The third-order valence-corrected chi connectivity index (χ3v) is 11.6. The van der Waals surface area contributed by atoms with Crippen molar-refractivity contribution in [3.63, 3.8) is 0 Å². The van der Waals surface area contributed by atoms with Gasteiger partial charge in [0.15, 0.2) is 6.29 Å². The smallest absolute Gasteiger partial charge is 0.335 e. The Morgan fingerprint density at radius 1 is 1.00 bits per heavy atom. The average Bonchev–Trinajstić information content (AvgIpc) is 3.80. The summed E-state index contributed by atoms with van der Waals surface area (Å²) < 4.78 is 46.9. The second-order valence-electron chi connectivity index (χ2n) is 14.0. The Kier molecular flexibility index (Phi) is 11.2. The van der Waals surface area contributed by atoms with E-state index in [2.05, 4.69) is 5.32 Å². The number of amides is 1. The number of sulfonamides is 1. The van der Waals surface area contributed by atoms with Crippen molar-refractivity contribution in [3.05, 3.63) is 95.1 Å². The molecule has 0 aliphatic carbocycles. The summed E-state index contributed by atoms with van der Waals surface area (Å²) in [5, 5.41) is 23.8. The van der Waals surface area contributed by atoms with Gasteiger partial charge in [-0.25, -0.2) is 13.2 Å². The Hall–Kier alpha value is -4.14. The van der Waals surface area contributed by atoms with E-state index >= 15 is 0 Å². The molecule has 0 saturated carbocycles. The van der Waals surface area contributed by atoms with Crippen LogP contribution in [-0.4, -0.2) is 85.6 Å². The molecule has 6 unspecified atom stereocenters. The van der Waals surface area contributed by atoms with Gasteiger partial charge < -0.3 is 29.7 Å². The number of benzene rings is 3. The van der Waals surface area contributed by atoms with Crippen molar-refractivity contribution < 1.29 is 47.2 Å². The van der Waals surface area contributed by atoms with E-state index in [4.69, 9.17) is 14.2 Å². The maximum Gasteiger partial charge on any atom is 0.335 e. The van der Waals surface area contributed by atoms with Gasteiger partial charge in [-0.1, -0.05) is 56.3 Å². The van der Waals surface area contributed by atoms with Gasteiger partial charge in [-0.15, -0.1) is 0 Å². The maximum atomic E-state index is 14.3. The van der Waals surface area contributed by atoms with Crippen LogP contribution in [0.2, 0.25) is 0 Å². The first-order chi connectivity index (χ1) is 24.4.